The Balaban J connectivity index is 1.45. The number of thiazole rings is 1. The first-order valence-electron chi connectivity index (χ1n) is 9.38. The van der Waals surface area contributed by atoms with Crippen molar-refractivity contribution < 1.29 is 9.59 Å². The summed E-state index contributed by atoms with van der Waals surface area (Å²) in [5.41, 5.74) is 3.68. The van der Waals surface area contributed by atoms with Gasteiger partial charge < -0.3 is 4.90 Å². The number of benzene rings is 2. The van der Waals surface area contributed by atoms with Crippen molar-refractivity contribution in [3.63, 3.8) is 0 Å². The average Bonchev–Trinajstić information content (AvgIpc) is 3.29. The van der Waals surface area contributed by atoms with E-state index in [0.717, 1.165) is 27.6 Å². The molecule has 0 fully saturated rings. The summed E-state index contributed by atoms with van der Waals surface area (Å²) in [6.45, 7) is 4.62. The summed E-state index contributed by atoms with van der Waals surface area (Å²) in [4.78, 5) is 33.6. The smallest absolute Gasteiger partial charge is 0.258 e. The maximum Gasteiger partial charge on any atom is 0.258 e. The number of hydrogen-bond acceptors (Lipinski definition) is 5. The molecule has 3 aromatic rings. The van der Waals surface area contributed by atoms with Gasteiger partial charge in [0.25, 0.3) is 5.91 Å². The predicted octanol–water partition coefficient (Wildman–Crippen LogP) is 4.69. The molecule has 4 rings (SSSR count). The van der Waals surface area contributed by atoms with Gasteiger partial charge >= 0.3 is 0 Å². The molecule has 1 aromatic heterocycles. The number of aromatic nitrogens is 1. The van der Waals surface area contributed by atoms with Crippen LogP contribution in [0.5, 0.6) is 0 Å². The number of nitrogens with zero attached hydrogens (tertiary/aromatic N) is 2. The number of hydrogen-bond donors (Lipinski definition) is 1. The topological polar surface area (TPSA) is 62.3 Å². The number of amides is 2. The first-order valence-corrected chi connectivity index (χ1v) is 11.2. The number of rotatable bonds is 5. The van der Waals surface area contributed by atoms with Gasteiger partial charge in [-0.25, -0.2) is 4.98 Å². The van der Waals surface area contributed by atoms with Crippen LogP contribution in [0.25, 0.3) is 0 Å². The molecule has 0 unspecified atom stereocenters. The Kier molecular flexibility index (Phi) is 5.69. The van der Waals surface area contributed by atoms with E-state index in [2.05, 4.69) is 16.4 Å². The van der Waals surface area contributed by atoms with Crippen molar-refractivity contribution in [2.24, 2.45) is 0 Å². The van der Waals surface area contributed by atoms with Crippen LogP contribution in [0.2, 0.25) is 0 Å². The van der Waals surface area contributed by atoms with E-state index in [1.807, 2.05) is 55.1 Å². The van der Waals surface area contributed by atoms with Crippen molar-refractivity contribution in [3.8, 4) is 0 Å². The third-order valence-electron chi connectivity index (χ3n) is 4.92. The molecule has 0 bridgehead atoms. The van der Waals surface area contributed by atoms with E-state index in [9.17, 15) is 9.59 Å². The molecule has 148 valence electrons. The maximum atomic E-state index is 12.8. The van der Waals surface area contributed by atoms with Crippen LogP contribution in [0.1, 0.15) is 26.5 Å². The number of fused-ring (bicyclic) bond motifs is 1. The third kappa shape index (κ3) is 4.21. The minimum absolute atomic E-state index is 0.0568. The molecule has 0 saturated heterocycles. The summed E-state index contributed by atoms with van der Waals surface area (Å²) < 4.78 is 0. The monoisotopic (exact) mass is 423 g/mol. The Morgan fingerprint density at radius 2 is 1.90 bits per heavy atom. The van der Waals surface area contributed by atoms with Gasteiger partial charge in [-0.05, 0) is 44.0 Å². The Bertz CT molecular complexity index is 1060. The van der Waals surface area contributed by atoms with Crippen LogP contribution in [-0.4, -0.2) is 29.1 Å². The second-order valence-electron chi connectivity index (χ2n) is 6.82. The molecule has 7 heteroatoms. The van der Waals surface area contributed by atoms with Crippen molar-refractivity contribution in [1.82, 2.24) is 4.98 Å². The highest BCUT2D eigenvalue weighted by molar-refractivity contribution is 8.00. The van der Waals surface area contributed by atoms with E-state index < -0.39 is 0 Å². The standard InChI is InChI=1S/C22H21N3O2S2/c1-14-15(2)29-22(23-14)24-21(27)17-8-4-6-10-19(17)28-13-20(26)25-12-11-16-7-3-5-9-18(16)25/h3-10H,11-13H2,1-2H3,(H,23,24,27). The zero-order chi connectivity index (χ0) is 20.4. The fraction of sp³-hybridized carbons (Fsp3) is 0.227. The van der Waals surface area contributed by atoms with Crippen molar-refractivity contribution in [3.05, 3.63) is 70.2 Å². The molecule has 5 nitrogen and oxygen atoms in total. The first kappa shape index (κ1) is 19.7. The van der Waals surface area contributed by atoms with Gasteiger partial charge in [0.05, 0.1) is 17.0 Å². The lowest BCUT2D eigenvalue weighted by Crippen LogP contribution is -2.30. The van der Waals surface area contributed by atoms with Gasteiger partial charge in [-0.2, -0.15) is 0 Å². The van der Waals surface area contributed by atoms with E-state index in [4.69, 9.17) is 0 Å². The number of thioether (sulfide) groups is 1. The molecule has 1 aliphatic rings. The molecule has 1 N–H and O–H groups in total. The molecule has 0 aliphatic carbocycles. The van der Waals surface area contributed by atoms with Crippen LogP contribution in [0, 0.1) is 13.8 Å². The fourth-order valence-corrected chi connectivity index (χ4v) is 5.02. The second-order valence-corrected chi connectivity index (χ2v) is 9.04. The molecule has 1 aliphatic heterocycles. The molecule has 0 spiro atoms. The fourth-order valence-electron chi connectivity index (χ4n) is 3.29. The highest BCUT2D eigenvalue weighted by Crippen LogP contribution is 2.30. The number of para-hydroxylation sites is 1. The van der Waals surface area contributed by atoms with Crippen molar-refractivity contribution in [1.29, 1.82) is 0 Å². The lowest BCUT2D eigenvalue weighted by Gasteiger charge is -2.17. The highest BCUT2D eigenvalue weighted by atomic mass is 32.2. The molecular formula is C22H21N3O2S2. The molecule has 0 atom stereocenters. The van der Waals surface area contributed by atoms with Gasteiger partial charge in [0.15, 0.2) is 5.13 Å². The van der Waals surface area contributed by atoms with Crippen molar-refractivity contribution in [2.75, 3.05) is 22.5 Å². The second kappa shape index (κ2) is 8.39. The van der Waals surface area contributed by atoms with E-state index in [0.29, 0.717) is 17.2 Å². The minimum Gasteiger partial charge on any atom is -0.311 e. The Hall–Kier alpha value is -2.64. The van der Waals surface area contributed by atoms with Crippen molar-refractivity contribution >= 4 is 45.7 Å². The molecule has 29 heavy (non-hydrogen) atoms. The highest BCUT2D eigenvalue weighted by Gasteiger charge is 2.24. The number of aryl methyl sites for hydroxylation is 2. The Labute approximate surface area is 178 Å². The lowest BCUT2D eigenvalue weighted by molar-refractivity contribution is -0.116. The summed E-state index contributed by atoms with van der Waals surface area (Å²) in [5, 5.41) is 3.47. The maximum absolute atomic E-state index is 12.8. The van der Waals surface area contributed by atoms with Gasteiger partial charge in [0, 0.05) is 22.0 Å². The van der Waals surface area contributed by atoms with E-state index in [-0.39, 0.29) is 17.6 Å². The lowest BCUT2D eigenvalue weighted by atomic mass is 10.2. The van der Waals surface area contributed by atoms with Gasteiger partial charge in [0.2, 0.25) is 5.91 Å². The number of carbonyl (C=O) groups is 2. The predicted molar refractivity (Wildman–Crippen MR) is 119 cm³/mol. The van der Waals surface area contributed by atoms with Gasteiger partial charge in [-0.15, -0.1) is 23.1 Å². The molecule has 2 heterocycles. The summed E-state index contributed by atoms with van der Waals surface area (Å²) >= 11 is 2.86. The summed E-state index contributed by atoms with van der Waals surface area (Å²) in [7, 11) is 0. The van der Waals surface area contributed by atoms with E-state index >= 15 is 0 Å². The van der Waals surface area contributed by atoms with E-state index in [1.165, 1.54) is 28.7 Å². The summed E-state index contributed by atoms with van der Waals surface area (Å²) in [6, 6.07) is 15.4. The number of carbonyl (C=O) groups excluding carboxylic acids is 2. The summed E-state index contributed by atoms with van der Waals surface area (Å²) in [6.07, 6.45) is 0.887. The molecule has 0 radical (unpaired) electrons. The number of nitrogens with one attached hydrogen (secondary N) is 1. The molecule has 0 saturated carbocycles. The quantitative estimate of drug-likeness (QED) is 0.605. The average molecular weight is 424 g/mol. The van der Waals surface area contributed by atoms with Crippen LogP contribution >= 0.6 is 23.1 Å². The van der Waals surface area contributed by atoms with Gasteiger partial charge in [-0.3, -0.25) is 14.9 Å². The van der Waals surface area contributed by atoms with Crippen LogP contribution < -0.4 is 10.2 Å². The number of anilines is 2. The molecule has 2 aromatic carbocycles. The Morgan fingerprint density at radius 3 is 2.69 bits per heavy atom. The van der Waals surface area contributed by atoms with Crippen LogP contribution in [0.3, 0.4) is 0 Å². The van der Waals surface area contributed by atoms with Crippen molar-refractivity contribution in [2.45, 2.75) is 25.2 Å². The normalized spacial score (nSPS) is 12.7. The zero-order valence-electron chi connectivity index (χ0n) is 16.3. The molecular weight excluding hydrogens is 402 g/mol. The van der Waals surface area contributed by atoms with Crippen LogP contribution in [-0.2, 0) is 11.2 Å². The summed E-state index contributed by atoms with van der Waals surface area (Å²) in [5.74, 6) is 0.135. The van der Waals surface area contributed by atoms with Crippen LogP contribution in [0.15, 0.2) is 53.4 Å². The van der Waals surface area contributed by atoms with Gasteiger partial charge in [0.1, 0.15) is 0 Å². The van der Waals surface area contributed by atoms with E-state index in [1.54, 1.807) is 6.07 Å². The minimum atomic E-state index is -0.208. The largest absolute Gasteiger partial charge is 0.311 e. The first-order chi connectivity index (χ1) is 14.0. The van der Waals surface area contributed by atoms with Crippen LogP contribution in [0.4, 0.5) is 10.8 Å². The SMILES string of the molecule is Cc1nc(NC(=O)c2ccccc2SCC(=O)N2CCc3ccccc32)sc1C. The van der Waals surface area contributed by atoms with Gasteiger partial charge in [-0.1, -0.05) is 30.3 Å². The zero-order valence-corrected chi connectivity index (χ0v) is 17.9. The third-order valence-corrected chi connectivity index (χ3v) is 6.97. The Morgan fingerprint density at radius 1 is 1.14 bits per heavy atom. The molecule has 2 amide bonds.